The van der Waals surface area contributed by atoms with Gasteiger partial charge in [-0.2, -0.15) is 0 Å². The molecule has 2 N–H and O–H groups in total. The molecule has 0 spiro atoms. The van der Waals surface area contributed by atoms with Crippen LogP contribution in [0.2, 0.25) is 0 Å². The minimum atomic E-state index is 0.207. The van der Waals surface area contributed by atoms with Gasteiger partial charge < -0.3 is 5.73 Å². The molecule has 0 amide bonds. The van der Waals surface area contributed by atoms with Gasteiger partial charge >= 0.3 is 0 Å². The van der Waals surface area contributed by atoms with Crippen LogP contribution in [-0.2, 0) is 12.8 Å². The maximum atomic E-state index is 6.68. The molecule has 0 aromatic heterocycles. The highest BCUT2D eigenvalue weighted by Crippen LogP contribution is 2.48. The number of aryl methyl sites for hydroxylation is 2. The first-order valence-corrected chi connectivity index (χ1v) is 7.87. The van der Waals surface area contributed by atoms with Gasteiger partial charge in [0.15, 0.2) is 0 Å². The topological polar surface area (TPSA) is 26.0 Å². The van der Waals surface area contributed by atoms with Gasteiger partial charge in [-0.25, -0.2) is 0 Å². The Hall–Kier alpha value is -0.820. The van der Waals surface area contributed by atoms with Gasteiger partial charge in [0.05, 0.1) is 0 Å². The summed E-state index contributed by atoms with van der Waals surface area (Å²) >= 11 is 0. The molecule has 2 atom stereocenters. The first-order chi connectivity index (χ1) is 8.99. The fraction of sp³-hybridized carbons (Fsp3) is 0.667. The van der Waals surface area contributed by atoms with Crippen LogP contribution < -0.4 is 5.73 Å². The lowest BCUT2D eigenvalue weighted by Crippen LogP contribution is -2.30. The summed E-state index contributed by atoms with van der Waals surface area (Å²) in [5, 5.41) is 0. The zero-order valence-electron chi connectivity index (χ0n) is 13.0. The molecule has 0 radical (unpaired) electrons. The molecule has 1 saturated carbocycles. The largest absolute Gasteiger partial charge is 0.324 e. The van der Waals surface area contributed by atoms with Crippen molar-refractivity contribution < 1.29 is 0 Å². The molecule has 1 heteroatoms. The maximum absolute atomic E-state index is 6.68. The predicted octanol–water partition coefficient (Wildman–Crippen LogP) is 4.64. The summed E-state index contributed by atoms with van der Waals surface area (Å²) in [4.78, 5) is 0. The van der Waals surface area contributed by atoms with Crippen molar-refractivity contribution in [1.29, 1.82) is 0 Å². The third kappa shape index (κ3) is 2.86. The molecule has 2 unspecified atom stereocenters. The molecule has 1 aliphatic carbocycles. The third-order valence-electron chi connectivity index (χ3n) is 5.13. The number of nitrogens with two attached hydrogens (primary N) is 1. The van der Waals surface area contributed by atoms with Crippen LogP contribution in [0.25, 0.3) is 0 Å². The van der Waals surface area contributed by atoms with Crippen molar-refractivity contribution in [3.05, 3.63) is 34.9 Å². The highest BCUT2D eigenvalue weighted by atomic mass is 14.7. The van der Waals surface area contributed by atoms with Gasteiger partial charge in [-0.1, -0.05) is 52.3 Å². The van der Waals surface area contributed by atoms with Crippen molar-refractivity contribution >= 4 is 0 Å². The second-order valence-corrected chi connectivity index (χ2v) is 6.75. The monoisotopic (exact) mass is 259 g/mol. The average Bonchev–Trinajstić information content (AvgIpc) is 2.76. The number of hydrogen-bond donors (Lipinski definition) is 1. The standard InChI is InChI=1S/C18H29N/c1-5-13-9-10-14(6-2)15(12-13)17(19)16-8-7-11-18(16,3)4/h9-10,12,16-17H,5-8,11,19H2,1-4H3. The molecule has 1 aromatic rings. The Kier molecular flexibility index (Phi) is 4.35. The van der Waals surface area contributed by atoms with Gasteiger partial charge in [-0.3, -0.25) is 0 Å². The van der Waals surface area contributed by atoms with Gasteiger partial charge in [0, 0.05) is 6.04 Å². The van der Waals surface area contributed by atoms with E-state index in [9.17, 15) is 0 Å². The van der Waals surface area contributed by atoms with E-state index in [4.69, 9.17) is 5.73 Å². The molecule has 19 heavy (non-hydrogen) atoms. The van der Waals surface area contributed by atoms with Crippen molar-refractivity contribution in [1.82, 2.24) is 0 Å². The second-order valence-electron chi connectivity index (χ2n) is 6.75. The molecule has 1 aliphatic rings. The summed E-state index contributed by atoms with van der Waals surface area (Å²) in [5.41, 5.74) is 11.3. The van der Waals surface area contributed by atoms with E-state index in [2.05, 4.69) is 45.9 Å². The predicted molar refractivity (Wildman–Crippen MR) is 83.2 cm³/mol. The Morgan fingerprint density at radius 1 is 1.26 bits per heavy atom. The average molecular weight is 259 g/mol. The Labute approximate surface area is 118 Å². The number of benzene rings is 1. The van der Waals surface area contributed by atoms with Gasteiger partial charge in [0.25, 0.3) is 0 Å². The van der Waals surface area contributed by atoms with Crippen molar-refractivity contribution in [2.45, 2.75) is 65.8 Å². The van der Waals surface area contributed by atoms with E-state index in [0.29, 0.717) is 11.3 Å². The molecule has 0 saturated heterocycles. The van der Waals surface area contributed by atoms with Crippen LogP contribution in [0.3, 0.4) is 0 Å². The Bertz CT molecular complexity index is 433. The smallest absolute Gasteiger partial charge is 0.0331 e. The van der Waals surface area contributed by atoms with Crippen LogP contribution >= 0.6 is 0 Å². The molecule has 1 fully saturated rings. The van der Waals surface area contributed by atoms with Crippen LogP contribution in [0.1, 0.15) is 69.7 Å². The minimum absolute atomic E-state index is 0.207. The molecular formula is C18H29N. The molecule has 1 aromatic carbocycles. The van der Waals surface area contributed by atoms with E-state index in [1.165, 1.54) is 36.0 Å². The summed E-state index contributed by atoms with van der Waals surface area (Å²) in [7, 11) is 0. The lowest BCUT2D eigenvalue weighted by Gasteiger charge is -2.33. The van der Waals surface area contributed by atoms with Crippen molar-refractivity contribution in [3.8, 4) is 0 Å². The Morgan fingerprint density at radius 2 is 2.00 bits per heavy atom. The van der Waals surface area contributed by atoms with Crippen molar-refractivity contribution in [2.24, 2.45) is 17.1 Å². The normalized spacial score (nSPS) is 23.5. The van der Waals surface area contributed by atoms with Gasteiger partial charge in [-0.05, 0) is 53.7 Å². The lowest BCUT2D eigenvalue weighted by atomic mass is 9.74. The molecular weight excluding hydrogens is 230 g/mol. The molecule has 0 aliphatic heterocycles. The molecule has 0 bridgehead atoms. The molecule has 106 valence electrons. The quantitative estimate of drug-likeness (QED) is 0.837. The SMILES string of the molecule is CCc1ccc(CC)c(C(N)C2CCCC2(C)C)c1. The fourth-order valence-electron chi connectivity index (χ4n) is 3.73. The summed E-state index contributed by atoms with van der Waals surface area (Å²) in [5.74, 6) is 0.630. The molecule has 1 nitrogen and oxygen atoms in total. The first kappa shape index (κ1) is 14.6. The molecule has 0 heterocycles. The Balaban J connectivity index is 2.34. The summed E-state index contributed by atoms with van der Waals surface area (Å²) < 4.78 is 0. The van der Waals surface area contributed by atoms with Gasteiger partial charge in [-0.15, -0.1) is 0 Å². The third-order valence-corrected chi connectivity index (χ3v) is 5.13. The zero-order valence-corrected chi connectivity index (χ0v) is 13.0. The fourth-order valence-corrected chi connectivity index (χ4v) is 3.73. The van der Waals surface area contributed by atoms with Crippen LogP contribution in [0.5, 0.6) is 0 Å². The van der Waals surface area contributed by atoms with Crippen LogP contribution in [0.15, 0.2) is 18.2 Å². The maximum Gasteiger partial charge on any atom is 0.0331 e. The van der Waals surface area contributed by atoms with Gasteiger partial charge in [0.2, 0.25) is 0 Å². The van der Waals surface area contributed by atoms with E-state index in [0.717, 1.165) is 12.8 Å². The van der Waals surface area contributed by atoms with Gasteiger partial charge in [0.1, 0.15) is 0 Å². The van der Waals surface area contributed by atoms with Crippen LogP contribution in [-0.4, -0.2) is 0 Å². The lowest BCUT2D eigenvalue weighted by molar-refractivity contribution is 0.221. The van der Waals surface area contributed by atoms with Crippen LogP contribution in [0.4, 0.5) is 0 Å². The van der Waals surface area contributed by atoms with Crippen LogP contribution in [0, 0.1) is 11.3 Å². The van der Waals surface area contributed by atoms with E-state index in [1.54, 1.807) is 0 Å². The minimum Gasteiger partial charge on any atom is -0.324 e. The highest BCUT2D eigenvalue weighted by Gasteiger charge is 2.39. The summed E-state index contributed by atoms with van der Waals surface area (Å²) in [6.45, 7) is 9.23. The molecule has 2 rings (SSSR count). The van der Waals surface area contributed by atoms with E-state index in [-0.39, 0.29) is 6.04 Å². The van der Waals surface area contributed by atoms with Crippen molar-refractivity contribution in [3.63, 3.8) is 0 Å². The number of hydrogen-bond acceptors (Lipinski definition) is 1. The summed E-state index contributed by atoms with van der Waals surface area (Å²) in [6, 6.07) is 7.11. The number of rotatable bonds is 4. The van der Waals surface area contributed by atoms with E-state index >= 15 is 0 Å². The van der Waals surface area contributed by atoms with Crippen molar-refractivity contribution in [2.75, 3.05) is 0 Å². The first-order valence-electron chi connectivity index (χ1n) is 7.87. The Morgan fingerprint density at radius 3 is 2.53 bits per heavy atom. The highest BCUT2D eigenvalue weighted by molar-refractivity contribution is 5.35. The second kappa shape index (κ2) is 5.66. The summed E-state index contributed by atoms with van der Waals surface area (Å²) in [6.07, 6.45) is 6.12. The van der Waals surface area contributed by atoms with E-state index < -0.39 is 0 Å². The van der Waals surface area contributed by atoms with E-state index in [1.807, 2.05) is 0 Å². The zero-order chi connectivity index (χ0) is 14.0.